The van der Waals surface area contributed by atoms with Crippen LogP contribution in [-0.4, -0.2) is 26.6 Å². The Morgan fingerprint density at radius 3 is 3.11 bits per heavy atom. The number of hydrogen-bond donors (Lipinski definition) is 1. The molecular weight excluding hydrogens is 266 g/mol. The monoisotopic (exact) mass is 283 g/mol. The molecule has 0 amide bonds. The number of nitrogens with one attached hydrogen (secondary N) is 1. The molecule has 104 valence electrons. The molecule has 0 radical (unpaired) electrons. The fourth-order valence-corrected chi connectivity index (χ4v) is 2.77. The van der Waals surface area contributed by atoms with E-state index in [0.717, 1.165) is 43.4 Å². The molecule has 3 rings (SSSR count). The van der Waals surface area contributed by atoms with Crippen molar-refractivity contribution in [1.82, 2.24) is 0 Å². The molecule has 19 heavy (non-hydrogen) atoms. The van der Waals surface area contributed by atoms with E-state index in [1.807, 2.05) is 12.1 Å². The van der Waals surface area contributed by atoms with E-state index in [1.165, 1.54) is 12.8 Å². The first-order valence-electron chi connectivity index (χ1n) is 6.74. The van der Waals surface area contributed by atoms with Crippen molar-refractivity contribution in [2.24, 2.45) is 5.92 Å². The van der Waals surface area contributed by atoms with Gasteiger partial charge in [0.05, 0.1) is 10.7 Å². The van der Waals surface area contributed by atoms with Crippen molar-refractivity contribution in [1.29, 1.82) is 0 Å². The van der Waals surface area contributed by atoms with Crippen LogP contribution in [0.1, 0.15) is 19.3 Å². The molecule has 0 spiro atoms. The minimum atomic E-state index is 0.265. The number of hydrogen-bond acceptors (Lipinski definition) is 4. The third kappa shape index (κ3) is 2.90. The van der Waals surface area contributed by atoms with E-state index in [1.54, 1.807) is 0 Å². The Kier molecular flexibility index (Phi) is 3.99. The van der Waals surface area contributed by atoms with Crippen LogP contribution in [0, 0.1) is 5.92 Å². The van der Waals surface area contributed by atoms with Crippen LogP contribution in [0.15, 0.2) is 12.1 Å². The van der Waals surface area contributed by atoms with Gasteiger partial charge in [0.2, 0.25) is 6.79 Å². The lowest BCUT2D eigenvalue weighted by atomic mass is 9.99. The summed E-state index contributed by atoms with van der Waals surface area (Å²) in [6, 6.07) is 3.67. The molecular formula is C14H18ClNO3. The van der Waals surface area contributed by atoms with Crippen molar-refractivity contribution in [3.05, 3.63) is 17.2 Å². The van der Waals surface area contributed by atoms with Crippen molar-refractivity contribution in [3.63, 3.8) is 0 Å². The summed E-state index contributed by atoms with van der Waals surface area (Å²) in [5.41, 5.74) is 0.841. The molecule has 2 aliphatic heterocycles. The van der Waals surface area contributed by atoms with Crippen LogP contribution in [0.25, 0.3) is 0 Å². The molecule has 2 aliphatic rings. The number of rotatable bonds is 4. The zero-order valence-electron chi connectivity index (χ0n) is 10.8. The number of halogens is 1. The summed E-state index contributed by atoms with van der Waals surface area (Å²) in [6.07, 6.45) is 3.51. The fraction of sp³-hybridized carbons (Fsp3) is 0.571. The lowest BCUT2D eigenvalue weighted by molar-refractivity contribution is 0.0530. The maximum atomic E-state index is 6.21. The summed E-state index contributed by atoms with van der Waals surface area (Å²) < 4.78 is 16.3. The van der Waals surface area contributed by atoms with Gasteiger partial charge in [-0.2, -0.15) is 0 Å². The molecule has 1 fully saturated rings. The Balaban J connectivity index is 1.59. The zero-order valence-corrected chi connectivity index (χ0v) is 11.5. The third-order valence-corrected chi connectivity index (χ3v) is 3.91. The van der Waals surface area contributed by atoms with Crippen molar-refractivity contribution < 1.29 is 14.2 Å². The SMILES string of the molecule is Clc1ccc2c(c1NCCC1CCCOC1)OCO2. The smallest absolute Gasteiger partial charge is 0.231 e. The van der Waals surface area contributed by atoms with Gasteiger partial charge >= 0.3 is 0 Å². The molecule has 1 aromatic carbocycles. The van der Waals surface area contributed by atoms with E-state index in [9.17, 15) is 0 Å². The minimum absolute atomic E-state index is 0.265. The Bertz CT molecular complexity index is 447. The van der Waals surface area contributed by atoms with Gasteiger partial charge in [0, 0.05) is 19.8 Å². The lowest BCUT2D eigenvalue weighted by Gasteiger charge is -2.22. The number of benzene rings is 1. The highest BCUT2D eigenvalue weighted by Gasteiger charge is 2.20. The van der Waals surface area contributed by atoms with Gasteiger partial charge in [-0.15, -0.1) is 0 Å². The van der Waals surface area contributed by atoms with Gasteiger partial charge in [-0.05, 0) is 37.3 Å². The zero-order chi connectivity index (χ0) is 13.1. The molecule has 0 aromatic heterocycles. The first kappa shape index (κ1) is 12.9. The second kappa shape index (κ2) is 5.88. The van der Waals surface area contributed by atoms with Crippen LogP contribution >= 0.6 is 11.6 Å². The molecule has 0 saturated carbocycles. The predicted octanol–water partition coefficient (Wildman–Crippen LogP) is 3.30. The van der Waals surface area contributed by atoms with Gasteiger partial charge in [0.1, 0.15) is 0 Å². The predicted molar refractivity (Wildman–Crippen MR) is 74.2 cm³/mol. The molecule has 1 saturated heterocycles. The van der Waals surface area contributed by atoms with Crippen molar-refractivity contribution >= 4 is 17.3 Å². The number of fused-ring (bicyclic) bond motifs is 1. The van der Waals surface area contributed by atoms with Gasteiger partial charge in [-0.25, -0.2) is 0 Å². The van der Waals surface area contributed by atoms with Gasteiger partial charge in [-0.1, -0.05) is 11.6 Å². The molecule has 5 heteroatoms. The number of anilines is 1. The summed E-state index contributed by atoms with van der Waals surface area (Å²) in [5.74, 6) is 2.13. The molecule has 4 nitrogen and oxygen atoms in total. The van der Waals surface area contributed by atoms with Crippen LogP contribution in [0.4, 0.5) is 5.69 Å². The molecule has 2 heterocycles. The molecule has 1 atom stereocenters. The Morgan fingerprint density at radius 2 is 2.26 bits per heavy atom. The Hall–Kier alpha value is -1.13. The highest BCUT2D eigenvalue weighted by Crippen LogP contribution is 2.43. The van der Waals surface area contributed by atoms with Crippen LogP contribution in [0.3, 0.4) is 0 Å². The molecule has 1 N–H and O–H groups in total. The lowest BCUT2D eigenvalue weighted by Crippen LogP contribution is -2.20. The highest BCUT2D eigenvalue weighted by molar-refractivity contribution is 6.33. The van der Waals surface area contributed by atoms with E-state index >= 15 is 0 Å². The number of ether oxygens (including phenoxy) is 3. The average molecular weight is 284 g/mol. The third-order valence-electron chi connectivity index (χ3n) is 3.60. The van der Waals surface area contributed by atoms with E-state index in [4.69, 9.17) is 25.8 Å². The van der Waals surface area contributed by atoms with E-state index < -0.39 is 0 Å². The summed E-state index contributed by atoms with van der Waals surface area (Å²) in [7, 11) is 0. The first-order chi connectivity index (χ1) is 9.34. The fourth-order valence-electron chi connectivity index (χ4n) is 2.55. The second-order valence-corrected chi connectivity index (χ2v) is 5.36. The highest BCUT2D eigenvalue weighted by atomic mass is 35.5. The molecule has 0 bridgehead atoms. The summed E-state index contributed by atoms with van der Waals surface area (Å²) in [6.45, 7) is 2.92. The van der Waals surface area contributed by atoms with Gasteiger partial charge in [-0.3, -0.25) is 0 Å². The Morgan fingerprint density at radius 1 is 1.32 bits per heavy atom. The summed E-state index contributed by atoms with van der Waals surface area (Å²) >= 11 is 6.21. The Labute approximate surface area is 118 Å². The van der Waals surface area contributed by atoms with Gasteiger partial charge < -0.3 is 19.5 Å². The molecule has 0 aliphatic carbocycles. The quantitative estimate of drug-likeness (QED) is 0.920. The largest absolute Gasteiger partial charge is 0.454 e. The van der Waals surface area contributed by atoms with Crippen LogP contribution in [-0.2, 0) is 4.74 Å². The van der Waals surface area contributed by atoms with Gasteiger partial charge in [0.15, 0.2) is 11.5 Å². The second-order valence-electron chi connectivity index (χ2n) is 4.95. The van der Waals surface area contributed by atoms with E-state index in [-0.39, 0.29) is 6.79 Å². The van der Waals surface area contributed by atoms with Gasteiger partial charge in [0.25, 0.3) is 0 Å². The summed E-state index contributed by atoms with van der Waals surface area (Å²) in [4.78, 5) is 0. The normalized spacial score (nSPS) is 21.4. The average Bonchev–Trinajstić information content (AvgIpc) is 2.91. The van der Waals surface area contributed by atoms with E-state index in [0.29, 0.717) is 10.9 Å². The topological polar surface area (TPSA) is 39.7 Å². The molecule has 1 aromatic rings. The van der Waals surface area contributed by atoms with Crippen LogP contribution < -0.4 is 14.8 Å². The van der Waals surface area contributed by atoms with Crippen LogP contribution in [0.2, 0.25) is 5.02 Å². The minimum Gasteiger partial charge on any atom is -0.454 e. The first-order valence-corrected chi connectivity index (χ1v) is 7.12. The van der Waals surface area contributed by atoms with E-state index in [2.05, 4.69) is 5.32 Å². The van der Waals surface area contributed by atoms with Crippen molar-refractivity contribution in [2.75, 3.05) is 31.9 Å². The van der Waals surface area contributed by atoms with Crippen molar-refractivity contribution in [2.45, 2.75) is 19.3 Å². The van der Waals surface area contributed by atoms with Crippen LogP contribution in [0.5, 0.6) is 11.5 Å². The maximum absolute atomic E-state index is 6.21. The molecule has 1 unspecified atom stereocenters. The maximum Gasteiger partial charge on any atom is 0.231 e. The summed E-state index contributed by atoms with van der Waals surface area (Å²) in [5, 5.41) is 4.04. The standard InChI is InChI=1S/C14H18ClNO3/c15-11-3-4-12-14(19-9-18-12)13(11)16-6-5-10-2-1-7-17-8-10/h3-4,10,16H,1-2,5-9H2. The van der Waals surface area contributed by atoms with Crippen molar-refractivity contribution in [3.8, 4) is 11.5 Å².